The molecule has 1 rings (SSSR count). The third-order valence-electron chi connectivity index (χ3n) is 3.26. The molecule has 0 aliphatic carbocycles. The second kappa shape index (κ2) is 4.87. The number of benzene rings is 1. The van der Waals surface area contributed by atoms with Crippen molar-refractivity contribution in [2.75, 3.05) is 7.11 Å². The van der Waals surface area contributed by atoms with Crippen LogP contribution < -0.4 is 10.5 Å². The van der Waals surface area contributed by atoms with Gasteiger partial charge in [-0.1, -0.05) is 47.6 Å². The minimum Gasteiger partial charge on any atom is -0.496 e. The first-order valence-electron chi connectivity index (χ1n) is 6.56. The largest absolute Gasteiger partial charge is 0.496 e. The molecule has 0 spiro atoms. The molecule has 0 atom stereocenters. The fraction of sp³-hybridized carbons (Fsp3) is 0.562. The van der Waals surface area contributed by atoms with Gasteiger partial charge in [0.1, 0.15) is 11.6 Å². The van der Waals surface area contributed by atoms with Crippen LogP contribution in [-0.2, 0) is 10.8 Å². The van der Waals surface area contributed by atoms with Gasteiger partial charge in [0.2, 0.25) is 0 Å². The summed E-state index contributed by atoms with van der Waals surface area (Å²) in [7, 11) is 1.63. The Labute approximate surface area is 116 Å². The van der Waals surface area contributed by atoms with Gasteiger partial charge in [-0.15, -0.1) is 0 Å². The van der Waals surface area contributed by atoms with E-state index in [1.165, 1.54) is 5.56 Å². The van der Waals surface area contributed by atoms with E-state index < -0.39 is 0 Å². The molecule has 0 saturated carbocycles. The van der Waals surface area contributed by atoms with Crippen LogP contribution in [0.25, 0.3) is 0 Å². The van der Waals surface area contributed by atoms with Crippen LogP contribution >= 0.6 is 0 Å². The SMILES string of the molecule is COc1c(C(=N)N)cc(C(C)(C)C)cc1C(C)(C)C. The Morgan fingerprint density at radius 1 is 1.05 bits per heavy atom. The van der Waals surface area contributed by atoms with Crippen LogP contribution in [0.3, 0.4) is 0 Å². The lowest BCUT2D eigenvalue weighted by atomic mass is 9.78. The maximum atomic E-state index is 7.78. The molecule has 0 fully saturated rings. The number of nitrogen functional groups attached to an aromatic ring is 1. The number of nitrogens with one attached hydrogen (secondary N) is 1. The van der Waals surface area contributed by atoms with Crippen LogP contribution in [0.1, 0.15) is 58.2 Å². The van der Waals surface area contributed by atoms with E-state index in [-0.39, 0.29) is 16.7 Å². The lowest BCUT2D eigenvalue weighted by molar-refractivity contribution is 0.395. The Bertz CT molecular complexity index is 491. The van der Waals surface area contributed by atoms with Crippen LogP contribution in [0.4, 0.5) is 0 Å². The third kappa shape index (κ3) is 3.28. The van der Waals surface area contributed by atoms with Crippen LogP contribution in [0.2, 0.25) is 0 Å². The highest BCUT2D eigenvalue weighted by molar-refractivity contribution is 5.98. The number of methoxy groups -OCH3 is 1. The van der Waals surface area contributed by atoms with E-state index in [1.54, 1.807) is 7.11 Å². The molecule has 0 saturated heterocycles. The van der Waals surface area contributed by atoms with Crippen molar-refractivity contribution in [1.82, 2.24) is 0 Å². The van der Waals surface area contributed by atoms with Gasteiger partial charge in [-0.2, -0.15) is 0 Å². The zero-order chi connectivity index (χ0) is 15.0. The van der Waals surface area contributed by atoms with Gasteiger partial charge in [0.05, 0.1) is 12.7 Å². The number of hydrogen-bond donors (Lipinski definition) is 2. The summed E-state index contributed by atoms with van der Waals surface area (Å²) in [5, 5.41) is 7.78. The van der Waals surface area contributed by atoms with E-state index in [1.807, 2.05) is 6.07 Å². The Morgan fingerprint density at radius 2 is 1.58 bits per heavy atom. The van der Waals surface area contributed by atoms with Gasteiger partial charge in [-0.3, -0.25) is 5.41 Å². The molecule has 3 heteroatoms. The van der Waals surface area contributed by atoms with Crippen molar-refractivity contribution in [3.8, 4) is 5.75 Å². The van der Waals surface area contributed by atoms with Crippen LogP contribution in [0.15, 0.2) is 12.1 Å². The number of nitrogens with two attached hydrogens (primary N) is 1. The van der Waals surface area contributed by atoms with Crippen molar-refractivity contribution in [3.63, 3.8) is 0 Å². The van der Waals surface area contributed by atoms with Crippen molar-refractivity contribution in [1.29, 1.82) is 5.41 Å². The predicted molar refractivity (Wildman–Crippen MR) is 81.4 cm³/mol. The third-order valence-corrected chi connectivity index (χ3v) is 3.26. The van der Waals surface area contributed by atoms with E-state index in [0.29, 0.717) is 11.3 Å². The van der Waals surface area contributed by atoms with Crippen molar-refractivity contribution in [3.05, 3.63) is 28.8 Å². The van der Waals surface area contributed by atoms with Crippen LogP contribution in [0.5, 0.6) is 5.75 Å². The highest BCUT2D eigenvalue weighted by Gasteiger charge is 2.26. The summed E-state index contributed by atoms with van der Waals surface area (Å²) in [5.74, 6) is 0.765. The second-order valence-electron chi connectivity index (χ2n) is 7.02. The van der Waals surface area contributed by atoms with Gasteiger partial charge in [-0.25, -0.2) is 0 Å². The van der Waals surface area contributed by atoms with Crippen molar-refractivity contribution >= 4 is 5.84 Å². The van der Waals surface area contributed by atoms with Crippen molar-refractivity contribution in [2.45, 2.75) is 52.4 Å². The Balaban J connectivity index is 3.70. The molecule has 0 heterocycles. The summed E-state index contributed by atoms with van der Waals surface area (Å²) in [6, 6.07) is 4.14. The normalized spacial score (nSPS) is 12.4. The van der Waals surface area contributed by atoms with Gasteiger partial charge >= 0.3 is 0 Å². The molecule has 0 aliphatic rings. The van der Waals surface area contributed by atoms with E-state index in [0.717, 1.165) is 5.56 Å². The average molecular weight is 262 g/mol. The molecule has 0 bridgehead atoms. The molecule has 3 N–H and O–H groups in total. The lowest BCUT2D eigenvalue weighted by Crippen LogP contribution is -2.22. The van der Waals surface area contributed by atoms with E-state index in [4.69, 9.17) is 15.9 Å². The molecule has 0 aromatic heterocycles. The second-order valence-corrected chi connectivity index (χ2v) is 7.02. The molecule has 106 valence electrons. The van der Waals surface area contributed by atoms with Crippen LogP contribution in [0, 0.1) is 5.41 Å². The summed E-state index contributed by atoms with van der Waals surface area (Å²) in [5.41, 5.74) is 8.61. The maximum absolute atomic E-state index is 7.78. The standard InChI is InChI=1S/C16H26N2O/c1-15(2,3)10-8-11(14(17)18)13(19-7)12(9-10)16(4,5)6/h8-9H,1-7H3,(H3,17,18). The molecular weight excluding hydrogens is 236 g/mol. The quantitative estimate of drug-likeness (QED) is 0.632. The summed E-state index contributed by atoms with van der Waals surface area (Å²) < 4.78 is 5.51. The molecule has 1 aromatic carbocycles. The predicted octanol–water partition coefficient (Wildman–Crippen LogP) is 3.57. The highest BCUT2D eigenvalue weighted by Crippen LogP contribution is 2.38. The first-order chi connectivity index (χ1) is 8.48. The van der Waals surface area contributed by atoms with Gasteiger partial charge in [0.15, 0.2) is 0 Å². The molecule has 0 radical (unpaired) electrons. The van der Waals surface area contributed by atoms with Gasteiger partial charge in [-0.05, 0) is 22.5 Å². The fourth-order valence-corrected chi connectivity index (χ4v) is 2.04. The van der Waals surface area contributed by atoms with E-state index >= 15 is 0 Å². The maximum Gasteiger partial charge on any atom is 0.133 e. The molecule has 3 nitrogen and oxygen atoms in total. The van der Waals surface area contributed by atoms with E-state index in [9.17, 15) is 0 Å². The van der Waals surface area contributed by atoms with Gasteiger partial charge < -0.3 is 10.5 Å². The van der Waals surface area contributed by atoms with Gasteiger partial charge in [0.25, 0.3) is 0 Å². The van der Waals surface area contributed by atoms with Crippen LogP contribution in [-0.4, -0.2) is 12.9 Å². The molecule has 0 aliphatic heterocycles. The van der Waals surface area contributed by atoms with Crippen molar-refractivity contribution < 1.29 is 4.74 Å². The Hall–Kier alpha value is -1.51. The topological polar surface area (TPSA) is 59.1 Å². The average Bonchev–Trinajstić information content (AvgIpc) is 2.24. The monoisotopic (exact) mass is 262 g/mol. The summed E-state index contributed by atoms with van der Waals surface area (Å²) >= 11 is 0. The smallest absolute Gasteiger partial charge is 0.133 e. The summed E-state index contributed by atoms with van der Waals surface area (Å²) in [6.07, 6.45) is 0. The lowest BCUT2D eigenvalue weighted by Gasteiger charge is -2.28. The molecule has 0 amide bonds. The molecule has 1 aromatic rings. The molecular formula is C16H26N2O. The minimum absolute atomic E-state index is 0.0104. The summed E-state index contributed by atoms with van der Waals surface area (Å²) in [4.78, 5) is 0. The van der Waals surface area contributed by atoms with Crippen molar-refractivity contribution in [2.24, 2.45) is 5.73 Å². The fourth-order valence-electron chi connectivity index (χ4n) is 2.04. The van der Waals surface area contributed by atoms with Gasteiger partial charge in [0, 0.05) is 5.56 Å². The summed E-state index contributed by atoms with van der Waals surface area (Å²) in [6.45, 7) is 12.9. The Morgan fingerprint density at radius 3 is 1.89 bits per heavy atom. The number of rotatable bonds is 2. The molecule has 19 heavy (non-hydrogen) atoms. The van der Waals surface area contributed by atoms with E-state index in [2.05, 4.69) is 47.6 Å². The minimum atomic E-state index is -0.0587. The zero-order valence-corrected chi connectivity index (χ0v) is 13.1. The number of hydrogen-bond acceptors (Lipinski definition) is 2. The highest BCUT2D eigenvalue weighted by atomic mass is 16.5. The molecule has 0 unspecified atom stereocenters. The number of ether oxygens (including phenoxy) is 1. The first kappa shape index (κ1) is 15.5. The number of amidine groups is 1. The Kier molecular flexibility index (Phi) is 3.99. The zero-order valence-electron chi connectivity index (χ0n) is 13.1. The first-order valence-corrected chi connectivity index (χ1v) is 6.56.